The minimum Gasteiger partial charge on any atom is -0.494 e. The Hall–Kier alpha value is -1.88. The molecule has 1 N–H and O–H groups in total. The second-order valence-electron chi connectivity index (χ2n) is 3.99. The molecule has 100 valence electrons. The molecule has 0 aliphatic rings. The molecule has 0 spiro atoms. The molecule has 0 saturated heterocycles. The van der Waals surface area contributed by atoms with Gasteiger partial charge in [0, 0.05) is 17.5 Å². The highest BCUT2D eigenvalue weighted by atomic mass is 32.1. The summed E-state index contributed by atoms with van der Waals surface area (Å²) in [5.74, 6) is 0.806. The van der Waals surface area contributed by atoms with E-state index in [2.05, 4.69) is 10.3 Å². The van der Waals surface area contributed by atoms with Gasteiger partial charge >= 0.3 is 0 Å². The first-order valence-electron chi connectivity index (χ1n) is 6.17. The van der Waals surface area contributed by atoms with Gasteiger partial charge in [-0.3, -0.25) is 4.79 Å². The molecule has 5 heteroatoms. The quantitative estimate of drug-likeness (QED) is 0.882. The smallest absolute Gasteiger partial charge is 0.224 e. The van der Waals surface area contributed by atoms with E-state index in [0.29, 0.717) is 19.4 Å². The molecule has 0 atom stereocenters. The SMILES string of the molecule is CCOc1ccc(NC(=O)CCc2cscn2)cc1. The zero-order valence-electron chi connectivity index (χ0n) is 10.8. The summed E-state index contributed by atoms with van der Waals surface area (Å²) in [5.41, 5.74) is 3.53. The van der Waals surface area contributed by atoms with Gasteiger partial charge in [0.15, 0.2) is 0 Å². The number of hydrogen-bond donors (Lipinski definition) is 1. The van der Waals surface area contributed by atoms with Crippen molar-refractivity contribution in [1.82, 2.24) is 4.98 Å². The number of aryl methyl sites for hydroxylation is 1. The molecule has 1 aromatic carbocycles. The zero-order chi connectivity index (χ0) is 13.5. The second kappa shape index (κ2) is 6.89. The lowest BCUT2D eigenvalue weighted by molar-refractivity contribution is -0.116. The maximum absolute atomic E-state index is 11.8. The van der Waals surface area contributed by atoms with Crippen LogP contribution in [-0.2, 0) is 11.2 Å². The van der Waals surface area contributed by atoms with Gasteiger partial charge in [-0.2, -0.15) is 0 Å². The number of aromatic nitrogens is 1. The van der Waals surface area contributed by atoms with Crippen molar-refractivity contribution in [2.45, 2.75) is 19.8 Å². The molecular weight excluding hydrogens is 260 g/mol. The molecule has 1 heterocycles. The highest BCUT2D eigenvalue weighted by Crippen LogP contribution is 2.16. The van der Waals surface area contributed by atoms with Crippen LogP contribution < -0.4 is 10.1 Å². The predicted molar refractivity (Wildman–Crippen MR) is 76.7 cm³/mol. The Balaban J connectivity index is 1.81. The Morgan fingerprint density at radius 1 is 1.37 bits per heavy atom. The van der Waals surface area contributed by atoms with E-state index in [1.807, 2.05) is 36.6 Å². The second-order valence-corrected chi connectivity index (χ2v) is 4.70. The minimum atomic E-state index is -0.00263. The first-order chi connectivity index (χ1) is 9.28. The highest BCUT2D eigenvalue weighted by molar-refractivity contribution is 7.07. The highest BCUT2D eigenvalue weighted by Gasteiger charge is 2.04. The lowest BCUT2D eigenvalue weighted by Gasteiger charge is -2.06. The first-order valence-corrected chi connectivity index (χ1v) is 7.12. The van der Waals surface area contributed by atoms with Crippen LogP contribution in [0.3, 0.4) is 0 Å². The van der Waals surface area contributed by atoms with Crippen molar-refractivity contribution in [2.75, 3.05) is 11.9 Å². The molecule has 0 unspecified atom stereocenters. The predicted octanol–water partition coefficient (Wildman–Crippen LogP) is 3.11. The number of thiazole rings is 1. The van der Waals surface area contributed by atoms with Crippen molar-refractivity contribution in [2.24, 2.45) is 0 Å². The Bertz CT molecular complexity index is 509. The molecule has 0 bridgehead atoms. The largest absolute Gasteiger partial charge is 0.494 e. The minimum absolute atomic E-state index is 0.00263. The number of hydrogen-bond acceptors (Lipinski definition) is 4. The van der Waals surface area contributed by atoms with Gasteiger partial charge in [-0.05, 0) is 37.6 Å². The Morgan fingerprint density at radius 2 is 2.16 bits per heavy atom. The summed E-state index contributed by atoms with van der Waals surface area (Å²) >= 11 is 1.54. The lowest BCUT2D eigenvalue weighted by atomic mass is 10.2. The normalized spacial score (nSPS) is 10.2. The van der Waals surface area contributed by atoms with E-state index in [9.17, 15) is 4.79 Å². The molecule has 4 nitrogen and oxygen atoms in total. The maximum atomic E-state index is 11.8. The summed E-state index contributed by atoms with van der Waals surface area (Å²) in [5, 5.41) is 4.82. The number of carbonyl (C=O) groups is 1. The summed E-state index contributed by atoms with van der Waals surface area (Å²) in [7, 11) is 0. The van der Waals surface area contributed by atoms with Gasteiger partial charge < -0.3 is 10.1 Å². The van der Waals surface area contributed by atoms with Gasteiger partial charge in [-0.15, -0.1) is 11.3 Å². The molecule has 0 radical (unpaired) electrons. The van der Waals surface area contributed by atoms with Crippen molar-refractivity contribution in [3.8, 4) is 5.75 Å². The standard InChI is InChI=1S/C14H16N2O2S/c1-2-18-13-6-3-11(4-7-13)16-14(17)8-5-12-9-19-10-15-12/h3-4,6-7,9-10H,2,5,8H2,1H3,(H,16,17). The van der Waals surface area contributed by atoms with E-state index >= 15 is 0 Å². The number of anilines is 1. The van der Waals surface area contributed by atoms with E-state index in [-0.39, 0.29) is 5.91 Å². The summed E-state index contributed by atoms with van der Waals surface area (Å²) in [6, 6.07) is 7.37. The topological polar surface area (TPSA) is 51.2 Å². The van der Waals surface area contributed by atoms with Gasteiger partial charge in [0.1, 0.15) is 5.75 Å². The van der Waals surface area contributed by atoms with Gasteiger partial charge in [0.2, 0.25) is 5.91 Å². The zero-order valence-corrected chi connectivity index (χ0v) is 11.6. The number of ether oxygens (including phenoxy) is 1. The molecular formula is C14H16N2O2S. The third-order valence-electron chi connectivity index (χ3n) is 2.54. The van der Waals surface area contributed by atoms with Crippen LogP contribution in [0.25, 0.3) is 0 Å². The summed E-state index contributed by atoms with van der Waals surface area (Å²) in [6.45, 7) is 2.58. The van der Waals surface area contributed by atoms with Crippen LogP contribution in [-0.4, -0.2) is 17.5 Å². The van der Waals surface area contributed by atoms with E-state index in [1.165, 1.54) is 0 Å². The first kappa shape index (κ1) is 13.5. The van der Waals surface area contributed by atoms with Crippen molar-refractivity contribution >= 4 is 22.9 Å². The molecule has 19 heavy (non-hydrogen) atoms. The molecule has 0 saturated carbocycles. The summed E-state index contributed by atoms with van der Waals surface area (Å²) in [6.07, 6.45) is 1.11. The van der Waals surface area contributed by atoms with E-state index in [1.54, 1.807) is 16.8 Å². The van der Waals surface area contributed by atoms with Crippen LogP contribution in [0.15, 0.2) is 35.2 Å². The van der Waals surface area contributed by atoms with Crippen LogP contribution >= 0.6 is 11.3 Å². The number of nitrogens with one attached hydrogen (secondary N) is 1. The molecule has 1 amide bonds. The van der Waals surface area contributed by atoms with Gasteiger partial charge in [0.05, 0.1) is 17.8 Å². The molecule has 2 rings (SSSR count). The third-order valence-corrected chi connectivity index (χ3v) is 3.18. The molecule has 2 aromatic rings. The average Bonchev–Trinajstić information content (AvgIpc) is 2.92. The van der Waals surface area contributed by atoms with Crippen LogP contribution in [0, 0.1) is 0 Å². The third kappa shape index (κ3) is 4.37. The van der Waals surface area contributed by atoms with E-state index in [4.69, 9.17) is 4.74 Å². The van der Waals surface area contributed by atoms with E-state index in [0.717, 1.165) is 17.1 Å². The van der Waals surface area contributed by atoms with Crippen LogP contribution in [0.1, 0.15) is 19.0 Å². The number of benzene rings is 1. The Labute approximate surface area is 116 Å². The number of carbonyl (C=O) groups excluding carboxylic acids is 1. The Morgan fingerprint density at radius 3 is 2.79 bits per heavy atom. The monoisotopic (exact) mass is 276 g/mol. The van der Waals surface area contributed by atoms with Crippen LogP contribution in [0.2, 0.25) is 0 Å². The molecule has 0 aliphatic carbocycles. The van der Waals surface area contributed by atoms with E-state index < -0.39 is 0 Å². The van der Waals surface area contributed by atoms with Crippen molar-refractivity contribution in [1.29, 1.82) is 0 Å². The van der Waals surface area contributed by atoms with Gasteiger partial charge in [-0.25, -0.2) is 4.98 Å². The Kier molecular flexibility index (Phi) is 4.92. The fourth-order valence-electron chi connectivity index (χ4n) is 1.63. The fraction of sp³-hybridized carbons (Fsp3) is 0.286. The summed E-state index contributed by atoms with van der Waals surface area (Å²) < 4.78 is 5.34. The molecule has 0 fully saturated rings. The van der Waals surface area contributed by atoms with Gasteiger partial charge in [0.25, 0.3) is 0 Å². The van der Waals surface area contributed by atoms with Crippen molar-refractivity contribution in [3.05, 3.63) is 40.8 Å². The van der Waals surface area contributed by atoms with Gasteiger partial charge in [-0.1, -0.05) is 0 Å². The lowest BCUT2D eigenvalue weighted by Crippen LogP contribution is -2.12. The number of nitrogens with zero attached hydrogens (tertiary/aromatic N) is 1. The van der Waals surface area contributed by atoms with Crippen LogP contribution in [0.5, 0.6) is 5.75 Å². The average molecular weight is 276 g/mol. The maximum Gasteiger partial charge on any atom is 0.224 e. The fourth-order valence-corrected chi connectivity index (χ4v) is 2.22. The number of amides is 1. The van der Waals surface area contributed by atoms with Crippen molar-refractivity contribution in [3.63, 3.8) is 0 Å². The van der Waals surface area contributed by atoms with Crippen molar-refractivity contribution < 1.29 is 9.53 Å². The summed E-state index contributed by atoms with van der Waals surface area (Å²) in [4.78, 5) is 15.9. The molecule has 0 aliphatic heterocycles. The molecule has 1 aromatic heterocycles. The van der Waals surface area contributed by atoms with Crippen LogP contribution in [0.4, 0.5) is 5.69 Å². The number of rotatable bonds is 6.